The summed E-state index contributed by atoms with van der Waals surface area (Å²) in [4.78, 5) is 12.2. The van der Waals surface area contributed by atoms with Crippen molar-refractivity contribution in [1.29, 1.82) is 0 Å². The molecule has 1 aliphatic rings. The van der Waals surface area contributed by atoms with Gasteiger partial charge >= 0.3 is 0 Å². The lowest BCUT2D eigenvalue weighted by Gasteiger charge is -2.17. The van der Waals surface area contributed by atoms with Crippen molar-refractivity contribution < 1.29 is 20.1 Å². The number of aliphatic hydroxyl groups excluding tert-OH is 3. The van der Waals surface area contributed by atoms with Crippen LogP contribution in [0.4, 0.5) is 0 Å². The van der Waals surface area contributed by atoms with Crippen LogP contribution in [-0.4, -0.2) is 59.8 Å². The molecular formula is C11H14N4O4. The zero-order valence-electron chi connectivity index (χ0n) is 10.2. The van der Waals surface area contributed by atoms with E-state index in [-0.39, 0.29) is 6.61 Å². The molecular weight excluding hydrogens is 252 g/mol. The van der Waals surface area contributed by atoms with E-state index in [0.717, 1.165) is 0 Å². The molecule has 3 N–H and O–H groups in total. The van der Waals surface area contributed by atoms with Crippen LogP contribution < -0.4 is 0 Å². The van der Waals surface area contributed by atoms with E-state index in [9.17, 15) is 10.2 Å². The van der Waals surface area contributed by atoms with Gasteiger partial charge in [-0.05, 0) is 6.92 Å². The second-order valence-electron chi connectivity index (χ2n) is 4.51. The first kappa shape index (κ1) is 12.4. The van der Waals surface area contributed by atoms with Gasteiger partial charge in [-0.3, -0.25) is 4.57 Å². The van der Waals surface area contributed by atoms with Gasteiger partial charge in [0, 0.05) is 0 Å². The molecule has 0 aliphatic carbocycles. The Hall–Kier alpha value is -1.61. The van der Waals surface area contributed by atoms with Gasteiger partial charge in [0.25, 0.3) is 0 Å². The van der Waals surface area contributed by atoms with E-state index >= 15 is 0 Å². The van der Waals surface area contributed by atoms with E-state index in [0.29, 0.717) is 16.9 Å². The molecule has 102 valence electrons. The lowest BCUT2D eigenvalue weighted by molar-refractivity contribution is -0.0509. The first-order valence-corrected chi connectivity index (χ1v) is 5.90. The monoisotopic (exact) mass is 266 g/mol. The Morgan fingerprint density at radius 1 is 1.26 bits per heavy atom. The first-order valence-electron chi connectivity index (χ1n) is 5.90. The van der Waals surface area contributed by atoms with E-state index in [1.807, 2.05) is 0 Å². The topological polar surface area (TPSA) is 114 Å². The molecule has 3 rings (SSSR count). The van der Waals surface area contributed by atoms with Crippen molar-refractivity contribution in [3.05, 3.63) is 18.3 Å². The molecule has 0 aromatic carbocycles. The van der Waals surface area contributed by atoms with Crippen molar-refractivity contribution in [2.75, 3.05) is 6.61 Å². The maximum Gasteiger partial charge on any atom is 0.181 e. The SMILES string of the molecule is Cc1ncnc2ncn([C@@H]3O[C@@H](CO)[C@@H](O)[C@H]3O)c12. The van der Waals surface area contributed by atoms with Crippen LogP contribution in [0.1, 0.15) is 11.9 Å². The molecule has 1 fully saturated rings. The molecule has 0 amide bonds. The third-order valence-electron chi connectivity index (χ3n) is 3.34. The maximum atomic E-state index is 10.0. The number of aryl methyl sites for hydroxylation is 1. The molecule has 0 spiro atoms. The standard InChI is InChI=1S/C11H14N4O4/c1-5-7-10(13-3-12-5)14-4-15(7)11-9(18)8(17)6(2-16)19-11/h3-4,6,8-9,11,16-18H,2H2,1H3/t6-,8+,9+,11+/m0/s1. The number of aliphatic hydroxyl groups is 3. The summed E-state index contributed by atoms with van der Waals surface area (Å²) in [6.07, 6.45) is -1.03. The molecule has 4 atom stereocenters. The van der Waals surface area contributed by atoms with Gasteiger partial charge in [-0.15, -0.1) is 0 Å². The lowest BCUT2D eigenvalue weighted by Crippen LogP contribution is -2.33. The highest BCUT2D eigenvalue weighted by atomic mass is 16.6. The Balaban J connectivity index is 2.06. The van der Waals surface area contributed by atoms with Gasteiger partial charge in [0.2, 0.25) is 0 Å². The number of hydrogen-bond acceptors (Lipinski definition) is 7. The summed E-state index contributed by atoms with van der Waals surface area (Å²) < 4.78 is 7.04. The predicted molar refractivity (Wildman–Crippen MR) is 63.1 cm³/mol. The molecule has 0 saturated carbocycles. The Morgan fingerprint density at radius 3 is 2.74 bits per heavy atom. The second kappa shape index (κ2) is 4.49. The maximum absolute atomic E-state index is 10.0. The summed E-state index contributed by atoms with van der Waals surface area (Å²) in [6.45, 7) is 1.43. The Bertz CT molecular complexity index is 601. The van der Waals surface area contributed by atoms with Crippen LogP contribution in [0.2, 0.25) is 0 Å². The van der Waals surface area contributed by atoms with Crippen LogP contribution in [0, 0.1) is 6.92 Å². The Kier molecular flexibility index (Phi) is 2.94. The summed E-state index contributed by atoms with van der Waals surface area (Å²) in [5.74, 6) is 0. The molecule has 8 nitrogen and oxygen atoms in total. The van der Waals surface area contributed by atoms with Crippen molar-refractivity contribution in [2.24, 2.45) is 0 Å². The van der Waals surface area contributed by atoms with Crippen LogP contribution in [0.5, 0.6) is 0 Å². The lowest BCUT2D eigenvalue weighted by atomic mass is 10.1. The summed E-state index contributed by atoms with van der Waals surface area (Å²) in [7, 11) is 0. The fourth-order valence-corrected chi connectivity index (χ4v) is 2.33. The second-order valence-corrected chi connectivity index (χ2v) is 4.51. The van der Waals surface area contributed by atoms with E-state index in [1.165, 1.54) is 12.7 Å². The molecule has 0 radical (unpaired) electrons. The van der Waals surface area contributed by atoms with Gasteiger partial charge in [-0.25, -0.2) is 15.0 Å². The quantitative estimate of drug-likeness (QED) is 0.622. The minimum absolute atomic E-state index is 0.364. The van der Waals surface area contributed by atoms with E-state index in [2.05, 4.69) is 15.0 Å². The van der Waals surface area contributed by atoms with Crippen LogP contribution in [-0.2, 0) is 4.74 Å². The summed E-state index contributed by atoms with van der Waals surface area (Å²) in [5.41, 5.74) is 1.82. The fraction of sp³-hybridized carbons (Fsp3) is 0.545. The summed E-state index contributed by atoms with van der Waals surface area (Å²) in [6, 6.07) is 0. The number of ether oxygens (including phenoxy) is 1. The zero-order valence-corrected chi connectivity index (χ0v) is 10.2. The molecule has 2 aromatic heterocycles. The van der Waals surface area contributed by atoms with Gasteiger partial charge in [0.1, 0.15) is 30.2 Å². The molecule has 2 aromatic rings. The molecule has 19 heavy (non-hydrogen) atoms. The smallest absolute Gasteiger partial charge is 0.181 e. The van der Waals surface area contributed by atoms with Gasteiger partial charge in [-0.1, -0.05) is 0 Å². The Labute approximate surface area is 108 Å². The zero-order chi connectivity index (χ0) is 13.6. The van der Waals surface area contributed by atoms with E-state index in [4.69, 9.17) is 9.84 Å². The third-order valence-corrected chi connectivity index (χ3v) is 3.34. The third kappa shape index (κ3) is 1.80. The van der Waals surface area contributed by atoms with Gasteiger partial charge in [0.05, 0.1) is 18.6 Å². The van der Waals surface area contributed by atoms with Crippen LogP contribution in [0.25, 0.3) is 11.2 Å². The largest absolute Gasteiger partial charge is 0.394 e. The van der Waals surface area contributed by atoms with Crippen LogP contribution >= 0.6 is 0 Å². The number of imidazole rings is 1. The number of aromatic nitrogens is 4. The molecule has 0 unspecified atom stereocenters. The molecule has 8 heteroatoms. The molecule has 1 saturated heterocycles. The number of hydrogen-bond donors (Lipinski definition) is 3. The van der Waals surface area contributed by atoms with Crippen molar-refractivity contribution in [2.45, 2.75) is 31.5 Å². The molecule has 3 heterocycles. The highest BCUT2D eigenvalue weighted by Crippen LogP contribution is 2.31. The normalized spacial score (nSPS) is 31.2. The van der Waals surface area contributed by atoms with Crippen LogP contribution in [0.3, 0.4) is 0 Å². The first-order chi connectivity index (χ1) is 9.13. The van der Waals surface area contributed by atoms with E-state index < -0.39 is 24.5 Å². The average Bonchev–Trinajstić information content (AvgIpc) is 2.94. The van der Waals surface area contributed by atoms with Crippen molar-refractivity contribution in [3.8, 4) is 0 Å². The Morgan fingerprint density at radius 2 is 2.05 bits per heavy atom. The highest BCUT2D eigenvalue weighted by Gasteiger charge is 2.43. The van der Waals surface area contributed by atoms with Crippen LogP contribution in [0.15, 0.2) is 12.7 Å². The van der Waals surface area contributed by atoms with Crippen molar-refractivity contribution in [1.82, 2.24) is 19.5 Å². The fourth-order valence-electron chi connectivity index (χ4n) is 2.33. The minimum Gasteiger partial charge on any atom is -0.394 e. The highest BCUT2D eigenvalue weighted by molar-refractivity contribution is 5.73. The van der Waals surface area contributed by atoms with Gasteiger partial charge in [0.15, 0.2) is 11.9 Å². The van der Waals surface area contributed by atoms with E-state index in [1.54, 1.807) is 11.5 Å². The predicted octanol–water partition coefficient (Wildman–Crippen LogP) is -1.25. The van der Waals surface area contributed by atoms with Gasteiger partial charge in [-0.2, -0.15) is 0 Å². The van der Waals surface area contributed by atoms with Crippen molar-refractivity contribution >= 4 is 11.2 Å². The van der Waals surface area contributed by atoms with Gasteiger partial charge < -0.3 is 20.1 Å². The number of fused-ring (bicyclic) bond motifs is 1. The average molecular weight is 266 g/mol. The molecule has 1 aliphatic heterocycles. The summed E-state index contributed by atoms with van der Waals surface area (Å²) >= 11 is 0. The minimum atomic E-state index is -1.14. The van der Waals surface area contributed by atoms with Crippen molar-refractivity contribution in [3.63, 3.8) is 0 Å². The summed E-state index contributed by atoms with van der Waals surface area (Å²) in [5, 5.41) is 28.9. The number of rotatable bonds is 2. The number of nitrogens with zero attached hydrogens (tertiary/aromatic N) is 4. The molecule has 0 bridgehead atoms.